The van der Waals surface area contributed by atoms with Crippen molar-refractivity contribution in [2.24, 2.45) is 0 Å². The number of aromatic nitrogens is 4. The molecule has 8 heteroatoms. The summed E-state index contributed by atoms with van der Waals surface area (Å²) in [6.07, 6.45) is 6.49. The Morgan fingerprint density at radius 1 is 0.968 bits per heavy atom. The zero-order valence-electron chi connectivity index (χ0n) is 17.2. The minimum atomic E-state index is -0.159. The van der Waals surface area contributed by atoms with Crippen LogP contribution >= 0.6 is 0 Å². The Balaban J connectivity index is 1.39. The lowest BCUT2D eigenvalue weighted by Crippen LogP contribution is -2.47. The van der Waals surface area contributed by atoms with Crippen LogP contribution in [0.25, 0.3) is 11.0 Å². The summed E-state index contributed by atoms with van der Waals surface area (Å²) in [5.41, 5.74) is 2.22. The molecule has 1 aromatic carbocycles. The molecule has 156 valence electrons. The SMILES string of the molecule is COc1ccccc1N1CCN(c2ncnc3c2ccn3C(=O)c2cccnc2)CC1. The van der Waals surface area contributed by atoms with E-state index in [2.05, 4.69) is 30.8 Å². The predicted molar refractivity (Wildman–Crippen MR) is 119 cm³/mol. The van der Waals surface area contributed by atoms with Crippen molar-refractivity contribution in [2.75, 3.05) is 43.1 Å². The van der Waals surface area contributed by atoms with E-state index in [4.69, 9.17) is 4.74 Å². The number of anilines is 2. The van der Waals surface area contributed by atoms with Gasteiger partial charge in [0.1, 0.15) is 17.9 Å². The third-order valence-electron chi connectivity index (χ3n) is 5.59. The first-order chi connectivity index (χ1) is 15.3. The average molecular weight is 414 g/mol. The van der Waals surface area contributed by atoms with Gasteiger partial charge in [0.15, 0.2) is 5.65 Å². The number of hydrogen-bond acceptors (Lipinski definition) is 7. The lowest BCUT2D eigenvalue weighted by molar-refractivity contribution is 0.0964. The van der Waals surface area contributed by atoms with Gasteiger partial charge in [0.25, 0.3) is 5.91 Å². The number of benzene rings is 1. The molecule has 1 aliphatic heterocycles. The third-order valence-corrected chi connectivity index (χ3v) is 5.59. The second kappa shape index (κ2) is 8.06. The Labute approximate surface area is 179 Å². The Hall–Kier alpha value is -3.94. The van der Waals surface area contributed by atoms with E-state index < -0.39 is 0 Å². The maximum absolute atomic E-state index is 12.9. The number of para-hydroxylation sites is 2. The number of methoxy groups -OCH3 is 1. The predicted octanol–water partition coefficient (Wildman–Crippen LogP) is 2.85. The van der Waals surface area contributed by atoms with Gasteiger partial charge in [-0.25, -0.2) is 9.97 Å². The fourth-order valence-electron chi connectivity index (χ4n) is 4.03. The van der Waals surface area contributed by atoms with Crippen LogP contribution in [0.5, 0.6) is 5.75 Å². The van der Waals surface area contributed by atoms with Crippen molar-refractivity contribution in [3.63, 3.8) is 0 Å². The summed E-state index contributed by atoms with van der Waals surface area (Å²) >= 11 is 0. The number of hydrogen-bond donors (Lipinski definition) is 0. The van der Waals surface area contributed by atoms with Gasteiger partial charge in [-0.15, -0.1) is 0 Å². The molecule has 0 radical (unpaired) electrons. The molecular weight excluding hydrogens is 392 g/mol. The number of piperazine rings is 1. The molecule has 0 bridgehead atoms. The minimum Gasteiger partial charge on any atom is -0.495 e. The molecular formula is C23H22N6O2. The number of carbonyl (C=O) groups excluding carboxylic acids is 1. The van der Waals surface area contributed by atoms with Crippen molar-refractivity contribution < 1.29 is 9.53 Å². The van der Waals surface area contributed by atoms with Crippen molar-refractivity contribution in [1.82, 2.24) is 19.5 Å². The van der Waals surface area contributed by atoms with Gasteiger partial charge in [-0.1, -0.05) is 12.1 Å². The quantitative estimate of drug-likeness (QED) is 0.508. The van der Waals surface area contributed by atoms with Crippen molar-refractivity contribution in [1.29, 1.82) is 0 Å². The van der Waals surface area contributed by atoms with Crippen LogP contribution in [0.2, 0.25) is 0 Å². The monoisotopic (exact) mass is 414 g/mol. The van der Waals surface area contributed by atoms with Gasteiger partial charge in [-0.2, -0.15) is 0 Å². The maximum Gasteiger partial charge on any atom is 0.265 e. The van der Waals surface area contributed by atoms with Gasteiger partial charge in [-0.3, -0.25) is 14.3 Å². The number of ether oxygens (including phenoxy) is 1. The number of carbonyl (C=O) groups is 1. The molecule has 1 saturated heterocycles. The molecule has 0 atom stereocenters. The van der Waals surface area contributed by atoms with E-state index in [1.807, 2.05) is 24.3 Å². The van der Waals surface area contributed by atoms with Crippen LogP contribution in [0.1, 0.15) is 10.4 Å². The molecule has 3 aromatic heterocycles. The first-order valence-electron chi connectivity index (χ1n) is 10.2. The van der Waals surface area contributed by atoms with E-state index in [-0.39, 0.29) is 5.91 Å². The van der Waals surface area contributed by atoms with Crippen LogP contribution in [0.4, 0.5) is 11.5 Å². The maximum atomic E-state index is 12.9. The lowest BCUT2D eigenvalue weighted by atomic mass is 10.2. The van der Waals surface area contributed by atoms with Crippen LogP contribution in [0, 0.1) is 0 Å². The summed E-state index contributed by atoms with van der Waals surface area (Å²) in [5, 5.41) is 0.866. The summed E-state index contributed by atoms with van der Waals surface area (Å²) in [4.78, 5) is 30.4. The highest BCUT2D eigenvalue weighted by Crippen LogP contribution is 2.30. The van der Waals surface area contributed by atoms with Crippen molar-refractivity contribution in [2.45, 2.75) is 0 Å². The van der Waals surface area contributed by atoms with Crippen LogP contribution in [0.3, 0.4) is 0 Å². The summed E-state index contributed by atoms with van der Waals surface area (Å²) in [6.45, 7) is 3.32. The van der Waals surface area contributed by atoms with Crippen LogP contribution < -0.4 is 14.5 Å². The molecule has 8 nitrogen and oxygen atoms in total. The first-order valence-corrected chi connectivity index (χ1v) is 10.2. The van der Waals surface area contributed by atoms with Crippen molar-refractivity contribution in [3.8, 4) is 5.75 Å². The largest absolute Gasteiger partial charge is 0.495 e. The second-order valence-corrected chi connectivity index (χ2v) is 7.31. The zero-order valence-corrected chi connectivity index (χ0v) is 17.2. The molecule has 0 spiro atoms. The number of fused-ring (bicyclic) bond motifs is 1. The molecule has 4 aromatic rings. The molecule has 1 fully saturated rings. The highest BCUT2D eigenvalue weighted by molar-refractivity contribution is 6.02. The zero-order chi connectivity index (χ0) is 21.2. The first kappa shape index (κ1) is 19.0. The van der Waals surface area contributed by atoms with E-state index in [1.54, 1.807) is 42.4 Å². The number of rotatable bonds is 4. The lowest BCUT2D eigenvalue weighted by Gasteiger charge is -2.37. The highest BCUT2D eigenvalue weighted by atomic mass is 16.5. The van der Waals surface area contributed by atoms with Gasteiger partial charge in [-0.05, 0) is 30.3 Å². The summed E-state index contributed by atoms with van der Waals surface area (Å²) < 4.78 is 7.07. The minimum absolute atomic E-state index is 0.159. The molecule has 0 aliphatic carbocycles. The summed E-state index contributed by atoms with van der Waals surface area (Å²) in [6, 6.07) is 13.5. The number of pyridine rings is 1. The second-order valence-electron chi connectivity index (χ2n) is 7.31. The van der Waals surface area contributed by atoms with Crippen molar-refractivity contribution in [3.05, 3.63) is 72.9 Å². The van der Waals surface area contributed by atoms with Gasteiger partial charge >= 0.3 is 0 Å². The Bertz CT molecular complexity index is 1220. The van der Waals surface area contributed by atoms with E-state index in [1.165, 1.54) is 6.33 Å². The summed E-state index contributed by atoms with van der Waals surface area (Å²) in [7, 11) is 1.70. The Morgan fingerprint density at radius 3 is 2.55 bits per heavy atom. The third kappa shape index (κ3) is 3.46. The average Bonchev–Trinajstić information content (AvgIpc) is 3.28. The molecule has 0 N–H and O–H groups in total. The smallest absolute Gasteiger partial charge is 0.265 e. The fraction of sp³-hybridized carbons (Fsp3) is 0.217. The molecule has 1 aliphatic rings. The molecule has 31 heavy (non-hydrogen) atoms. The topological polar surface area (TPSA) is 76.4 Å². The molecule has 0 saturated carbocycles. The van der Waals surface area contributed by atoms with Gasteiger partial charge in [0.2, 0.25) is 0 Å². The van der Waals surface area contributed by atoms with E-state index >= 15 is 0 Å². The molecule has 5 rings (SSSR count). The fourth-order valence-corrected chi connectivity index (χ4v) is 4.03. The van der Waals surface area contributed by atoms with Gasteiger partial charge in [0.05, 0.1) is 23.7 Å². The van der Waals surface area contributed by atoms with E-state index in [0.29, 0.717) is 11.2 Å². The van der Waals surface area contributed by atoms with Gasteiger partial charge in [0, 0.05) is 44.8 Å². The van der Waals surface area contributed by atoms with E-state index in [0.717, 1.165) is 48.8 Å². The summed E-state index contributed by atoms with van der Waals surface area (Å²) in [5.74, 6) is 1.57. The standard InChI is InChI=1S/C23H22N6O2/c1-31-20-7-3-2-6-19(20)27-11-13-28(14-12-27)21-18-8-10-29(22(18)26-16-25-21)23(30)17-5-4-9-24-15-17/h2-10,15-16H,11-14H2,1H3. The molecule has 0 unspecified atom stereocenters. The Kier molecular flexibility index (Phi) is 4.95. The molecule has 4 heterocycles. The normalized spacial score (nSPS) is 14.1. The van der Waals surface area contributed by atoms with E-state index in [9.17, 15) is 4.79 Å². The van der Waals surface area contributed by atoms with Gasteiger partial charge < -0.3 is 14.5 Å². The highest BCUT2D eigenvalue weighted by Gasteiger charge is 2.23. The van der Waals surface area contributed by atoms with Crippen LogP contribution in [0.15, 0.2) is 67.4 Å². The van der Waals surface area contributed by atoms with Crippen LogP contribution in [-0.2, 0) is 0 Å². The van der Waals surface area contributed by atoms with Crippen LogP contribution in [-0.4, -0.2) is 58.7 Å². The number of nitrogens with zero attached hydrogens (tertiary/aromatic N) is 6. The Morgan fingerprint density at radius 2 is 1.77 bits per heavy atom. The van der Waals surface area contributed by atoms with Crippen molar-refractivity contribution >= 4 is 28.4 Å². The molecule has 0 amide bonds.